The molecular formula is C11H21NO2. The molecule has 0 spiro atoms. The van der Waals surface area contributed by atoms with Crippen molar-refractivity contribution in [2.24, 2.45) is 0 Å². The normalized spacial score (nSPS) is 23.1. The quantitative estimate of drug-likeness (QED) is 0.706. The highest BCUT2D eigenvalue weighted by Gasteiger charge is 2.11. The monoisotopic (exact) mass is 199 g/mol. The summed E-state index contributed by atoms with van der Waals surface area (Å²) in [6.07, 6.45) is 6.46. The van der Waals surface area contributed by atoms with Gasteiger partial charge in [0.05, 0.1) is 12.9 Å². The lowest BCUT2D eigenvalue weighted by Crippen LogP contribution is -2.37. The molecule has 1 aliphatic heterocycles. The lowest BCUT2D eigenvalue weighted by molar-refractivity contribution is 0.0998. The first-order valence-electron chi connectivity index (χ1n) is 5.44. The molecule has 2 atom stereocenters. The Balaban J connectivity index is 2.04. The van der Waals surface area contributed by atoms with Crippen LogP contribution in [0.3, 0.4) is 0 Å². The second-order valence-electron chi connectivity index (χ2n) is 3.68. The van der Waals surface area contributed by atoms with Gasteiger partial charge in [-0.25, -0.2) is 0 Å². The molecule has 0 saturated carbocycles. The molecule has 0 aromatic heterocycles. The summed E-state index contributed by atoms with van der Waals surface area (Å²) in [6.45, 7) is 6.63. The van der Waals surface area contributed by atoms with Crippen LogP contribution in [0.25, 0.3) is 0 Å². The fraction of sp³-hybridized carbons (Fsp3) is 0.818. The van der Waals surface area contributed by atoms with Gasteiger partial charge in [0.15, 0.2) is 0 Å². The van der Waals surface area contributed by atoms with Crippen molar-refractivity contribution in [3.05, 3.63) is 12.3 Å². The zero-order chi connectivity index (χ0) is 10.2. The molecule has 14 heavy (non-hydrogen) atoms. The van der Waals surface area contributed by atoms with Crippen molar-refractivity contribution in [1.29, 1.82) is 0 Å². The van der Waals surface area contributed by atoms with E-state index in [1.165, 1.54) is 0 Å². The van der Waals surface area contributed by atoms with E-state index in [2.05, 4.69) is 18.3 Å². The van der Waals surface area contributed by atoms with Gasteiger partial charge in [0.1, 0.15) is 6.10 Å². The molecule has 1 aliphatic rings. The third-order valence-electron chi connectivity index (χ3n) is 2.29. The average molecular weight is 199 g/mol. The predicted molar refractivity (Wildman–Crippen MR) is 57.2 cm³/mol. The van der Waals surface area contributed by atoms with Crippen LogP contribution in [0.5, 0.6) is 0 Å². The summed E-state index contributed by atoms with van der Waals surface area (Å²) in [4.78, 5) is 0. The first kappa shape index (κ1) is 11.5. The highest BCUT2D eigenvalue weighted by Crippen LogP contribution is 2.09. The maximum atomic E-state index is 5.45. The molecule has 0 aromatic rings. The molecule has 0 aliphatic carbocycles. The maximum Gasteiger partial charge on any atom is 0.110 e. The van der Waals surface area contributed by atoms with Crippen LogP contribution >= 0.6 is 0 Å². The number of nitrogens with one attached hydrogen (secondary N) is 1. The molecule has 0 fully saturated rings. The van der Waals surface area contributed by atoms with Crippen LogP contribution < -0.4 is 5.32 Å². The Labute approximate surface area is 86.5 Å². The SMILES string of the molecule is CCOCC(C)NCC1CCC=CO1. The zero-order valence-corrected chi connectivity index (χ0v) is 9.16. The Kier molecular flexibility index (Phi) is 5.64. The van der Waals surface area contributed by atoms with Crippen LogP contribution in [0.4, 0.5) is 0 Å². The van der Waals surface area contributed by atoms with Gasteiger partial charge in [-0.1, -0.05) is 0 Å². The van der Waals surface area contributed by atoms with Crippen molar-refractivity contribution >= 4 is 0 Å². The van der Waals surface area contributed by atoms with Crippen molar-refractivity contribution < 1.29 is 9.47 Å². The second kappa shape index (κ2) is 6.85. The molecule has 82 valence electrons. The van der Waals surface area contributed by atoms with E-state index in [9.17, 15) is 0 Å². The molecule has 0 amide bonds. The Morgan fingerprint density at radius 1 is 1.64 bits per heavy atom. The van der Waals surface area contributed by atoms with Gasteiger partial charge in [-0.15, -0.1) is 0 Å². The van der Waals surface area contributed by atoms with Gasteiger partial charge >= 0.3 is 0 Å². The molecule has 1 N–H and O–H groups in total. The van der Waals surface area contributed by atoms with Gasteiger partial charge in [0.2, 0.25) is 0 Å². The molecule has 2 unspecified atom stereocenters. The number of rotatable bonds is 6. The van der Waals surface area contributed by atoms with E-state index in [4.69, 9.17) is 9.47 Å². The topological polar surface area (TPSA) is 30.5 Å². The van der Waals surface area contributed by atoms with Crippen molar-refractivity contribution in [3.8, 4) is 0 Å². The molecule has 1 rings (SSSR count). The minimum Gasteiger partial charge on any atom is -0.497 e. The van der Waals surface area contributed by atoms with Gasteiger partial charge in [0, 0.05) is 19.2 Å². The van der Waals surface area contributed by atoms with E-state index < -0.39 is 0 Å². The van der Waals surface area contributed by atoms with E-state index in [-0.39, 0.29) is 0 Å². The second-order valence-corrected chi connectivity index (χ2v) is 3.68. The van der Waals surface area contributed by atoms with E-state index in [1.54, 1.807) is 0 Å². The van der Waals surface area contributed by atoms with Gasteiger partial charge in [0.25, 0.3) is 0 Å². The standard InChI is InChI=1S/C11H21NO2/c1-3-13-9-10(2)12-8-11-6-4-5-7-14-11/h5,7,10-12H,3-4,6,8-9H2,1-2H3. The largest absolute Gasteiger partial charge is 0.497 e. The molecule has 3 heteroatoms. The number of allylic oxidation sites excluding steroid dienone is 1. The molecule has 0 saturated heterocycles. The van der Waals surface area contributed by atoms with Crippen LogP contribution in [0.15, 0.2) is 12.3 Å². The summed E-state index contributed by atoms with van der Waals surface area (Å²) in [5.74, 6) is 0. The van der Waals surface area contributed by atoms with E-state index in [1.807, 2.05) is 13.2 Å². The van der Waals surface area contributed by atoms with Gasteiger partial charge in [-0.2, -0.15) is 0 Å². The summed E-state index contributed by atoms with van der Waals surface area (Å²) < 4.78 is 10.8. The van der Waals surface area contributed by atoms with Crippen molar-refractivity contribution in [2.45, 2.75) is 38.8 Å². The number of hydrogen-bond acceptors (Lipinski definition) is 3. The maximum absolute atomic E-state index is 5.45. The van der Waals surface area contributed by atoms with Gasteiger partial charge in [-0.05, 0) is 32.8 Å². The zero-order valence-electron chi connectivity index (χ0n) is 9.16. The van der Waals surface area contributed by atoms with E-state index in [0.29, 0.717) is 12.1 Å². The number of ether oxygens (including phenoxy) is 2. The lowest BCUT2D eigenvalue weighted by Gasteiger charge is -2.22. The summed E-state index contributed by atoms with van der Waals surface area (Å²) in [5.41, 5.74) is 0. The molecule has 0 aromatic carbocycles. The van der Waals surface area contributed by atoms with E-state index >= 15 is 0 Å². The average Bonchev–Trinajstić information content (AvgIpc) is 2.25. The highest BCUT2D eigenvalue weighted by molar-refractivity contribution is 4.83. The Bertz CT molecular complexity index is 171. The van der Waals surface area contributed by atoms with Gasteiger partial charge < -0.3 is 14.8 Å². The first-order valence-corrected chi connectivity index (χ1v) is 5.44. The molecule has 1 heterocycles. The predicted octanol–water partition coefficient (Wildman–Crippen LogP) is 1.69. The van der Waals surface area contributed by atoms with Crippen LogP contribution in [-0.4, -0.2) is 31.9 Å². The lowest BCUT2D eigenvalue weighted by atomic mass is 10.1. The summed E-state index contributed by atoms with van der Waals surface area (Å²) >= 11 is 0. The van der Waals surface area contributed by atoms with Crippen LogP contribution in [-0.2, 0) is 9.47 Å². The fourth-order valence-electron chi connectivity index (χ4n) is 1.42. The molecule has 3 nitrogen and oxygen atoms in total. The summed E-state index contributed by atoms with van der Waals surface area (Å²) in [7, 11) is 0. The Hall–Kier alpha value is -0.540. The third kappa shape index (κ3) is 4.63. The fourth-order valence-corrected chi connectivity index (χ4v) is 1.42. The Morgan fingerprint density at radius 3 is 3.14 bits per heavy atom. The summed E-state index contributed by atoms with van der Waals surface area (Å²) in [6, 6.07) is 0.407. The van der Waals surface area contributed by atoms with Crippen LogP contribution in [0.2, 0.25) is 0 Å². The molecule has 0 radical (unpaired) electrons. The highest BCUT2D eigenvalue weighted by atomic mass is 16.5. The van der Waals surface area contributed by atoms with Gasteiger partial charge in [-0.3, -0.25) is 0 Å². The minimum atomic E-state index is 0.337. The Morgan fingerprint density at radius 2 is 2.50 bits per heavy atom. The minimum absolute atomic E-state index is 0.337. The van der Waals surface area contributed by atoms with Crippen LogP contribution in [0, 0.1) is 0 Å². The smallest absolute Gasteiger partial charge is 0.110 e. The molecule has 0 bridgehead atoms. The third-order valence-corrected chi connectivity index (χ3v) is 2.29. The van der Waals surface area contributed by atoms with Crippen LogP contribution in [0.1, 0.15) is 26.7 Å². The van der Waals surface area contributed by atoms with Crippen molar-refractivity contribution in [2.75, 3.05) is 19.8 Å². The van der Waals surface area contributed by atoms with E-state index in [0.717, 1.165) is 32.6 Å². The van der Waals surface area contributed by atoms with Crippen molar-refractivity contribution in [1.82, 2.24) is 5.32 Å². The van der Waals surface area contributed by atoms with Crippen molar-refractivity contribution in [3.63, 3.8) is 0 Å². The summed E-state index contributed by atoms with van der Waals surface area (Å²) in [5, 5.41) is 3.40. The first-order chi connectivity index (χ1) is 6.83. The number of hydrogen-bond donors (Lipinski definition) is 1. The molecular weight excluding hydrogens is 178 g/mol.